The van der Waals surface area contributed by atoms with Gasteiger partial charge in [0.25, 0.3) is 0 Å². The Balaban J connectivity index is 0.00000405. The van der Waals surface area contributed by atoms with Crippen LogP contribution in [0.25, 0.3) is 10.8 Å². The van der Waals surface area contributed by atoms with Crippen molar-refractivity contribution in [2.45, 2.75) is 82.7 Å². The number of carbonyl (C=O) groups excluding carboxylic acids is 2. The van der Waals surface area contributed by atoms with E-state index in [1.165, 1.54) is 37.6 Å². The van der Waals surface area contributed by atoms with Crippen LogP contribution in [-0.2, 0) is 16.0 Å². The Hall–Kier alpha value is -2.19. The molecule has 8 heteroatoms. The van der Waals surface area contributed by atoms with Crippen molar-refractivity contribution in [3.63, 3.8) is 0 Å². The molecule has 42 heavy (non-hydrogen) atoms. The van der Waals surface area contributed by atoms with E-state index < -0.39 is 0 Å². The summed E-state index contributed by atoms with van der Waals surface area (Å²) in [5.74, 6) is 1.23. The number of amides is 2. The Morgan fingerprint density at radius 2 is 1.55 bits per heavy atom. The van der Waals surface area contributed by atoms with Gasteiger partial charge < -0.3 is 26.2 Å². The third-order valence-corrected chi connectivity index (χ3v) is 9.54. The Bertz CT molecular complexity index is 1100. The van der Waals surface area contributed by atoms with Crippen molar-refractivity contribution in [3.8, 4) is 0 Å². The molecule has 0 radical (unpaired) electrons. The van der Waals surface area contributed by atoms with E-state index in [2.05, 4.69) is 44.4 Å². The van der Waals surface area contributed by atoms with Gasteiger partial charge in [-0.1, -0.05) is 42.5 Å². The summed E-state index contributed by atoms with van der Waals surface area (Å²) in [4.78, 5) is 28.2. The van der Waals surface area contributed by atoms with Gasteiger partial charge in [0.05, 0.1) is 6.42 Å². The molecule has 0 bridgehead atoms. The van der Waals surface area contributed by atoms with E-state index in [4.69, 9.17) is 0 Å². The second kappa shape index (κ2) is 17.2. The van der Waals surface area contributed by atoms with Gasteiger partial charge >= 0.3 is 0 Å². The van der Waals surface area contributed by atoms with Crippen LogP contribution in [0.3, 0.4) is 0 Å². The lowest BCUT2D eigenvalue weighted by molar-refractivity contribution is -0.138. The van der Waals surface area contributed by atoms with Crippen LogP contribution >= 0.6 is 12.4 Å². The van der Waals surface area contributed by atoms with Gasteiger partial charge in [0.15, 0.2) is 0 Å². The Morgan fingerprint density at radius 3 is 2.29 bits per heavy atom. The van der Waals surface area contributed by atoms with Gasteiger partial charge in [0.2, 0.25) is 11.8 Å². The predicted octanol–water partition coefficient (Wildman–Crippen LogP) is 4.43. The summed E-state index contributed by atoms with van der Waals surface area (Å²) in [6, 6.07) is 15.3. The standard InChI is InChI=1S/C34H51N5O2.ClH/c40-33(23-29-9-5-8-27-7-1-2-11-32(27)29)38-30-14-12-28(13-15-30)34(41)39-21-16-26(17-22-39)24-35-18-3-4-19-36-25-31-10-6-20-37-31;/h1-2,5,7-9,11,26,28,30-31,35-37H,3-4,6,10,12-25H2,(H,38,40);1H/t28?,30?,31-;/m0./s1. The monoisotopic (exact) mass is 597 g/mol. The number of hydrogen-bond acceptors (Lipinski definition) is 5. The van der Waals surface area contributed by atoms with Crippen LogP contribution < -0.4 is 21.3 Å². The van der Waals surface area contributed by atoms with Crippen LogP contribution in [-0.4, -0.2) is 74.6 Å². The average molecular weight is 598 g/mol. The first kappa shape index (κ1) is 32.7. The minimum Gasteiger partial charge on any atom is -0.353 e. The highest BCUT2D eigenvalue weighted by molar-refractivity contribution is 5.90. The molecule has 2 aliphatic heterocycles. The van der Waals surface area contributed by atoms with Crippen LogP contribution in [0.4, 0.5) is 0 Å². The van der Waals surface area contributed by atoms with Crippen molar-refractivity contribution in [1.82, 2.24) is 26.2 Å². The van der Waals surface area contributed by atoms with Crippen LogP contribution in [0.1, 0.15) is 69.8 Å². The van der Waals surface area contributed by atoms with Gasteiger partial charge in [-0.25, -0.2) is 0 Å². The smallest absolute Gasteiger partial charge is 0.225 e. The molecule has 232 valence electrons. The van der Waals surface area contributed by atoms with Crippen molar-refractivity contribution >= 4 is 35.0 Å². The molecule has 4 N–H and O–H groups in total. The zero-order valence-electron chi connectivity index (χ0n) is 25.3. The second-order valence-corrected chi connectivity index (χ2v) is 12.6. The summed E-state index contributed by atoms with van der Waals surface area (Å²) in [5, 5.41) is 16.4. The van der Waals surface area contributed by atoms with E-state index >= 15 is 0 Å². The lowest BCUT2D eigenvalue weighted by Gasteiger charge is -2.36. The van der Waals surface area contributed by atoms with Gasteiger partial charge in [-0.3, -0.25) is 9.59 Å². The fraction of sp³-hybridized carbons (Fsp3) is 0.647. The summed E-state index contributed by atoms with van der Waals surface area (Å²) in [5.41, 5.74) is 1.07. The van der Waals surface area contributed by atoms with E-state index in [1.807, 2.05) is 24.3 Å². The van der Waals surface area contributed by atoms with Crippen molar-refractivity contribution < 1.29 is 9.59 Å². The molecular weight excluding hydrogens is 546 g/mol. The number of hydrogen-bond donors (Lipinski definition) is 4. The first-order chi connectivity index (χ1) is 20.2. The molecule has 2 heterocycles. The number of rotatable bonds is 13. The quantitative estimate of drug-likeness (QED) is 0.257. The fourth-order valence-electron chi connectivity index (χ4n) is 7.01. The molecule has 1 aliphatic carbocycles. The summed E-state index contributed by atoms with van der Waals surface area (Å²) in [6.07, 6.45) is 11.2. The Labute approximate surface area is 258 Å². The molecule has 2 saturated heterocycles. The maximum absolute atomic E-state index is 13.2. The first-order valence-corrected chi connectivity index (χ1v) is 16.4. The number of fused-ring (bicyclic) bond motifs is 1. The number of halogens is 1. The Morgan fingerprint density at radius 1 is 0.833 bits per heavy atom. The SMILES string of the molecule is Cl.O=C(Cc1cccc2ccccc12)NC1CCC(C(=O)N2CCC(CNCCCCNC[C@@H]3CCCN3)CC2)CC1. The molecule has 1 atom stereocenters. The predicted molar refractivity (Wildman–Crippen MR) is 174 cm³/mol. The first-order valence-electron chi connectivity index (χ1n) is 16.4. The number of carbonyl (C=O) groups is 2. The minimum atomic E-state index is 0. The highest BCUT2D eigenvalue weighted by Gasteiger charge is 2.32. The number of nitrogens with zero attached hydrogens (tertiary/aromatic N) is 1. The molecular formula is C34H52ClN5O2. The highest BCUT2D eigenvalue weighted by Crippen LogP contribution is 2.28. The zero-order chi connectivity index (χ0) is 28.3. The maximum atomic E-state index is 13.2. The van der Waals surface area contributed by atoms with Gasteiger partial charge in [0.1, 0.15) is 0 Å². The van der Waals surface area contributed by atoms with Gasteiger partial charge in [-0.15, -0.1) is 12.4 Å². The van der Waals surface area contributed by atoms with Crippen LogP contribution in [0, 0.1) is 11.8 Å². The van der Waals surface area contributed by atoms with Crippen molar-refractivity contribution in [2.75, 3.05) is 45.8 Å². The average Bonchev–Trinajstić information content (AvgIpc) is 3.53. The topological polar surface area (TPSA) is 85.5 Å². The number of unbranched alkanes of at least 4 members (excludes halogenated alkanes) is 1. The van der Waals surface area contributed by atoms with E-state index in [0.29, 0.717) is 24.3 Å². The molecule has 2 aromatic carbocycles. The number of nitrogens with one attached hydrogen (secondary N) is 4. The number of benzene rings is 2. The third-order valence-electron chi connectivity index (χ3n) is 9.54. The van der Waals surface area contributed by atoms with Crippen molar-refractivity contribution in [2.24, 2.45) is 11.8 Å². The lowest BCUT2D eigenvalue weighted by atomic mass is 9.84. The largest absolute Gasteiger partial charge is 0.353 e. The van der Waals surface area contributed by atoms with Crippen LogP contribution in [0.15, 0.2) is 42.5 Å². The van der Waals surface area contributed by atoms with E-state index in [1.54, 1.807) is 0 Å². The van der Waals surface area contributed by atoms with Gasteiger partial charge in [-0.05, 0) is 113 Å². The van der Waals surface area contributed by atoms with Crippen LogP contribution in [0.5, 0.6) is 0 Å². The number of likely N-dealkylation sites (tertiary alicyclic amines) is 1. The molecule has 3 fully saturated rings. The summed E-state index contributed by atoms with van der Waals surface area (Å²) < 4.78 is 0. The Kier molecular flexibility index (Phi) is 13.4. The van der Waals surface area contributed by atoms with E-state index in [0.717, 1.165) is 88.7 Å². The molecule has 2 amide bonds. The fourth-order valence-corrected chi connectivity index (χ4v) is 7.01. The molecule has 3 aliphatic rings. The van der Waals surface area contributed by atoms with E-state index in [-0.39, 0.29) is 30.3 Å². The lowest BCUT2D eigenvalue weighted by Crippen LogP contribution is -2.46. The van der Waals surface area contributed by atoms with E-state index in [9.17, 15) is 9.59 Å². The highest BCUT2D eigenvalue weighted by atomic mass is 35.5. The summed E-state index contributed by atoms with van der Waals surface area (Å²) >= 11 is 0. The molecule has 7 nitrogen and oxygen atoms in total. The third kappa shape index (κ3) is 9.66. The van der Waals surface area contributed by atoms with Gasteiger partial charge in [0, 0.05) is 37.6 Å². The minimum absolute atomic E-state index is 0. The summed E-state index contributed by atoms with van der Waals surface area (Å²) in [7, 11) is 0. The van der Waals surface area contributed by atoms with Crippen molar-refractivity contribution in [3.05, 3.63) is 48.0 Å². The molecule has 1 saturated carbocycles. The molecule has 0 aromatic heterocycles. The normalized spacial score (nSPS) is 23.0. The molecule has 5 rings (SSSR count). The molecule has 0 unspecified atom stereocenters. The molecule has 0 spiro atoms. The molecule has 2 aromatic rings. The van der Waals surface area contributed by atoms with Crippen molar-refractivity contribution in [1.29, 1.82) is 0 Å². The number of piperidine rings is 1. The maximum Gasteiger partial charge on any atom is 0.225 e. The zero-order valence-corrected chi connectivity index (χ0v) is 26.1. The van der Waals surface area contributed by atoms with Gasteiger partial charge in [-0.2, -0.15) is 0 Å². The second-order valence-electron chi connectivity index (χ2n) is 12.6. The summed E-state index contributed by atoms with van der Waals surface area (Å²) in [6.45, 7) is 7.35. The van der Waals surface area contributed by atoms with Crippen LogP contribution in [0.2, 0.25) is 0 Å².